The van der Waals surface area contributed by atoms with Gasteiger partial charge in [-0.1, -0.05) is 24.3 Å². The van der Waals surface area contributed by atoms with Gasteiger partial charge in [0.25, 0.3) is 5.91 Å². The van der Waals surface area contributed by atoms with E-state index < -0.39 is 28.8 Å². The number of aromatic nitrogens is 1. The SMILES string of the molecule is O=C(Nc1cc(-c2cccc(CN3CCNCC3)c2)ccc1N1CCOCC1)c1c[nH]c(=O)cc1C(F)(F)F. The van der Waals surface area contributed by atoms with Gasteiger partial charge in [-0.15, -0.1) is 0 Å². The second-order valence-electron chi connectivity index (χ2n) is 9.63. The number of nitrogens with zero attached hydrogens (tertiary/aromatic N) is 2. The van der Waals surface area contributed by atoms with Crippen molar-refractivity contribution in [2.75, 3.05) is 62.7 Å². The summed E-state index contributed by atoms with van der Waals surface area (Å²) in [4.78, 5) is 31.3. The Kier molecular flexibility index (Phi) is 8.01. The van der Waals surface area contributed by atoms with Gasteiger partial charge in [-0.2, -0.15) is 13.2 Å². The normalized spacial score (nSPS) is 16.7. The van der Waals surface area contributed by atoms with E-state index in [1.165, 1.54) is 0 Å². The third kappa shape index (κ3) is 6.49. The lowest BCUT2D eigenvalue weighted by Crippen LogP contribution is -2.42. The molecule has 2 saturated heterocycles. The largest absolute Gasteiger partial charge is 0.417 e. The zero-order valence-electron chi connectivity index (χ0n) is 21.3. The van der Waals surface area contributed by atoms with Crippen molar-refractivity contribution in [2.45, 2.75) is 12.7 Å². The minimum atomic E-state index is -4.86. The Labute approximate surface area is 223 Å². The molecule has 1 aromatic heterocycles. The van der Waals surface area contributed by atoms with E-state index in [2.05, 4.69) is 32.7 Å². The van der Waals surface area contributed by atoms with Gasteiger partial charge in [-0.25, -0.2) is 0 Å². The van der Waals surface area contributed by atoms with E-state index in [-0.39, 0.29) is 0 Å². The number of rotatable bonds is 6. The number of aromatic amines is 1. The lowest BCUT2D eigenvalue weighted by atomic mass is 10.0. The van der Waals surface area contributed by atoms with Crippen LogP contribution < -0.4 is 21.1 Å². The summed E-state index contributed by atoms with van der Waals surface area (Å²) >= 11 is 0. The molecule has 5 rings (SSSR count). The Bertz CT molecular complexity index is 1380. The van der Waals surface area contributed by atoms with Gasteiger partial charge in [0, 0.05) is 58.1 Å². The van der Waals surface area contributed by atoms with Gasteiger partial charge in [-0.3, -0.25) is 14.5 Å². The van der Waals surface area contributed by atoms with Crippen LogP contribution in [0.15, 0.2) is 59.5 Å². The Morgan fingerprint density at radius 3 is 2.46 bits per heavy atom. The summed E-state index contributed by atoms with van der Waals surface area (Å²) in [5.74, 6) is -0.960. The molecule has 0 spiro atoms. The van der Waals surface area contributed by atoms with Crippen molar-refractivity contribution < 1.29 is 22.7 Å². The third-order valence-electron chi connectivity index (χ3n) is 6.95. The highest BCUT2D eigenvalue weighted by Crippen LogP contribution is 2.35. The number of alkyl halides is 3. The zero-order chi connectivity index (χ0) is 27.4. The fourth-order valence-electron chi connectivity index (χ4n) is 4.96. The number of pyridine rings is 1. The van der Waals surface area contributed by atoms with Gasteiger partial charge in [0.05, 0.1) is 35.7 Å². The van der Waals surface area contributed by atoms with E-state index in [9.17, 15) is 22.8 Å². The second-order valence-corrected chi connectivity index (χ2v) is 9.63. The Hall–Kier alpha value is -3.67. The smallest absolute Gasteiger partial charge is 0.378 e. The molecule has 1 amide bonds. The summed E-state index contributed by atoms with van der Waals surface area (Å²) in [6.07, 6.45) is -4.06. The maximum absolute atomic E-state index is 13.6. The quantitative estimate of drug-likeness (QED) is 0.443. The second kappa shape index (κ2) is 11.6. The summed E-state index contributed by atoms with van der Waals surface area (Å²) in [5.41, 5.74) is 1.10. The molecule has 3 heterocycles. The monoisotopic (exact) mass is 541 g/mol. The highest BCUT2D eigenvalue weighted by atomic mass is 19.4. The van der Waals surface area contributed by atoms with Crippen LogP contribution in [-0.4, -0.2) is 68.3 Å². The third-order valence-corrected chi connectivity index (χ3v) is 6.95. The van der Waals surface area contributed by atoms with Gasteiger partial charge < -0.3 is 25.3 Å². The summed E-state index contributed by atoms with van der Waals surface area (Å²) in [6.45, 7) is 6.83. The fraction of sp³-hybridized carbons (Fsp3) is 0.357. The molecule has 0 radical (unpaired) electrons. The van der Waals surface area contributed by atoms with Crippen LogP contribution in [0, 0.1) is 0 Å². The van der Waals surface area contributed by atoms with Crippen LogP contribution in [0.4, 0.5) is 24.5 Å². The molecule has 3 N–H and O–H groups in total. The number of hydrogen-bond acceptors (Lipinski definition) is 6. The summed E-state index contributed by atoms with van der Waals surface area (Å²) in [7, 11) is 0. The first kappa shape index (κ1) is 26.9. The highest BCUT2D eigenvalue weighted by molar-refractivity contribution is 6.07. The van der Waals surface area contributed by atoms with Crippen molar-refractivity contribution in [3.05, 3.63) is 81.8 Å². The first-order valence-corrected chi connectivity index (χ1v) is 12.9. The molecule has 0 bridgehead atoms. The van der Waals surface area contributed by atoms with Gasteiger partial charge in [-0.05, 0) is 34.9 Å². The Morgan fingerprint density at radius 2 is 1.72 bits per heavy atom. The van der Waals surface area contributed by atoms with Crippen LogP contribution in [0.1, 0.15) is 21.5 Å². The van der Waals surface area contributed by atoms with Crippen molar-refractivity contribution >= 4 is 17.3 Å². The summed E-state index contributed by atoms with van der Waals surface area (Å²) < 4.78 is 46.3. The van der Waals surface area contributed by atoms with E-state index in [4.69, 9.17) is 4.74 Å². The summed E-state index contributed by atoms with van der Waals surface area (Å²) in [6, 6.07) is 14.1. The van der Waals surface area contributed by atoms with Crippen LogP contribution in [0.3, 0.4) is 0 Å². The van der Waals surface area contributed by atoms with Crippen LogP contribution in [-0.2, 0) is 17.5 Å². The number of carbonyl (C=O) groups is 1. The molecule has 0 aliphatic carbocycles. The fourth-order valence-corrected chi connectivity index (χ4v) is 4.96. The lowest BCUT2D eigenvalue weighted by molar-refractivity contribution is -0.138. The maximum Gasteiger partial charge on any atom is 0.417 e. The van der Waals surface area contributed by atoms with Gasteiger partial charge in [0.1, 0.15) is 0 Å². The van der Waals surface area contributed by atoms with Crippen molar-refractivity contribution in [3.63, 3.8) is 0 Å². The van der Waals surface area contributed by atoms with Crippen molar-refractivity contribution in [3.8, 4) is 11.1 Å². The number of piperazine rings is 1. The number of ether oxygens (including phenoxy) is 1. The van der Waals surface area contributed by atoms with E-state index in [1.54, 1.807) is 6.07 Å². The number of halogens is 3. The van der Waals surface area contributed by atoms with Gasteiger partial charge in [0.2, 0.25) is 5.56 Å². The summed E-state index contributed by atoms with van der Waals surface area (Å²) in [5, 5.41) is 6.04. The average molecular weight is 542 g/mol. The van der Waals surface area contributed by atoms with Crippen molar-refractivity contribution in [1.29, 1.82) is 0 Å². The van der Waals surface area contributed by atoms with Gasteiger partial charge >= 0.3 is 6.18 Å². The van der Waals surface area contributed by atoms with Crippen LogP contribution in [0.25, 0.3) is 11.1 Å². The minimum Gasteiger partial charge on any atom is -0.378 e. The molecular weight excluding hydrogens is 511 g/mol. The van der Waals surface area contributed by atoms with Crippen molar-refractivity contribution in [1.82, 2.24) is 15.2 Å². The number of carbonyl (C=O) groups excluding carboxylic acids is 1. The standard InChI is InChI=1S/C28H30F3N5O3/c29-28(30,31)23-16-26(37)33-17-22(23)27(38)34-24-15-21(4-5-25(24)36-10-12-39-13-11-36)20-3-1-2-19(14-20)18-35-8-6-32-7-9-35/h1-5,14-17,32H,6-13,18H2,(H,33,37)(H,34,38). The molecule has 2 aromatic carbocycles. The van der Waals surface area contributed by atoms with Crippen LogP contribution in [0.5, 0.6) is 0 Å². The predicted octanol–water partition coefficient (Wildman–Crippen LogP) is 3.55. The van der Waals surface area contributed by atoms with Crippen LogP contribution in [0.2, 0.25) is 0 Å². The topological polar surface area (TPSA) is 89.7 Å². The Balaban J connectivity index is 1.48. The zero-order valence-corrected chi connectivity index (χ0v) is 21.3. The molecule has 8 nitrogen and oxygen atoms in total. The van der Waals surface area contributed by atoms with Crippen LogP contribution >= 0.6 is 0 Å². The van der Waals surface area contributed by atoms with E-state index in [1.807, 2.05) is 29.2 Å². The van der Waals surface area contributed by atoms with Crippen molar-refractivity contribution in [2.24, 2.45) is 0 Å². The number of benzene rings is 2. The predicted molar refractivity (Wildman–Crippen MR) is 143 cm³/mol. The molecular formula is C28H30F3N5O3. The number of hydrogen-bond donors (Lipinski definition) is 3. The number of morpholine rings is 1. The van der Waals surface area contributed by atoms with E-state index in [0.29, 0.717) is 43.7 Å². The molecule has 39 heavy (non-hydrogen) atoms. The molecule has 2 aliphatic rings. The molecule has 206 valence electrons. The highest BCUT2D eigenvalue weighted by Gasteiger charge is 2.36. The van der Waals surface area contributed by atoms with E-state index in [0.717, 1.165) is 55.6 Å². The maximum atomic E-state index is 13.6. The number of amides is 1. The molecule has 11 heteroatoms. The number of anilines is 2. The lowest BCUT2D eigenvalue weighted by Gasteiger charge is -2.31. The number of H-pyrrole nitrogens is 1. The molecule has 0 unspecified atom stereocenters. The molecule has 3 aromatic rings. The van der Waals surface area contributed by atoms with Gasteiger partial charge in [0.15, 0.2) is 0 Å². The first-order chi connectivity index (χ1) is 18.8. The average Bonchev–Trinajstić information content (AvgIpc) is 2.93. The molecule has 0 atom stereocenters. The molecule has 0 saturated carbocycles. The number of nitrogens with one attached hydrogen (secondary N) is 3. The first-order valence-electron chi connectivity index (χ1n) is 12.9. The molecule has 2 fully saturated rings. The minimum absolute atomic E-state index is 0.381. The Morgan fingerprint density at radius 1 is 0.974 bits per heavy atom. The van der Waals surface area contributed by atoms with E-state index >= 15 is 0 Å². The molecule has 2 aliphatic heterocycles.